The summed E-state index contributed by atoms with van der Waals surface area (Å²) in [6.07, 6.45) is -4.26. The molecule has 4 atom stereocenters. The Morgan fingerprint density at radius 1 is 1.33 bits per heavy atom. The standard InChI is InChI=1S/C8H16O7/c1-13-2-3-14-8(12)6(10)5(4-9)15-7(8)11/h5-7,9-12H,2-4H2,1H3/t5-,6-,7?,8-/m1/s1. The largest absolute Gasteiger partial charge is 0.394 e. The Kier molecular flexibility index (Phi) is 4.41. The molecule has 1 saturated heterocycles. The first-order valence-electron chi connectivity index (χ1n) is 4.54. The van der Waals surface area contributed by atoms with Gasteiger partial charge in [0.25, 0.3) is 0 Å². The van der Waals surface area contributed by atoms with Gasteiger partial charge in [0.2, 0.25) is 12.1 Å². The van der Waals surface area contributed by atoms with E-state index in [0.29, 0.717) is 0 Å². The van der Waals surface area contributed by atoms with Gasteiger partial charge >= 0.3 is 0 Å². The second-order valence-electron chi connectivity index (χ2n) is 3.25. The van der Waals surface area contributed by atoms with Crippen molar-refractivity contribution in [3.8, 4) is 0 Å². The van der Waals surface area contributed by atoms with Gasteiger partial charge in [-0.15, -0.1) is 0 Å². The lowest BCUT2D eigenvalue weighted by Crippen LogP contribution is -2.51. The van der Waals surface area contributed by atoms with Crippen LogP contribution in [0, 0.1) is 0 Å². The third kappa shape index (κ3) is 2.45. The Labute approximate surface area is 86.8 Å². The maximum atomic E-state index is 9.74. The molecule has 1 aliphatic rings. The molecule has 1 fully saturated rings. The summed E-state index contributed by atoms with van der Waals surface area (Å²) in [4.78, 5) is 0. The first kappa shape index (κ1) is 12.8. The molecule has 1 rings (SSSR count). The lowest BCUT2D eigenvalue weighted by atomic mass is 10.1. The van der Waals surface area contributed by atoms with Gasteiger partial charge in [0.15, 0.2) is 0 Å². The minimum absolute atomic E-state index is 0.0113. The van der Waals surface area contributed by atoms with E-state index in [1.807, 2.05) is 0 Å². The van der Waals surface area contributed by atoms with Crippen LogP contribution in [0.15, 0.2) is 0 Å². The zero-order valence-corrected chi connectivity index (χ0v) is 8.37. The van der Waals surface area contributed by atoms with Gasteiger partial charge in [0.1, 0.15) is 12.2 Å². The van der Waals surface area contributed by atoms with Crippen LogP contribution >= 0.6 is 0 Å². The summed E-state index contributed by atoms with van der Waals surface area (Å²) in [5, 5.41) is 37.3. The summed E-state index contributed by atoms with van der Waals surface area (Å²) in [5.41, 5.74) is 0. The van der Waals surface area contributed by atoms with Crippen LogP contribution in [-0.4, -0.2) is 71.6 Å². The molecule has 0 bridgehead atoms. The van der Waals surface area contributed by atoms with E-state index in [4.69, 9.17) is 14.6 Å². The fraction of sp³-hybridized carbons (Fsp3) is 1.00. The first-order chi connectivity index (χ1) is 7.06. The van der Waals surface area contributed by atoms with Crippen molar-refractivity contribution in [1.82, 2.24) is 0 Å². The van der Waals surface area contributed by atoms with Crippen LogP contribution < -0.4 is 0 Å². The molecule has 0 aromatic rings. The average Bonchev–Trinajstić information content (AvgIpc) is 2.43. The highest BCUT2D eigenvalue weighted by atomic mass is 16.7. The predicted molar refractivity (Wildman–Crippen MR) is 46.8 cm³/mol. The van der Waals surface area contributed by atoms with Gasteiger partial charge in [0.05, 0.1) is 19.8 Å². The Hall–Kier alpha value is -0.280. The molecular formula is C8H16O7. The highest BCUT2D eigenvalue weighted by Gasteiger charge is 2.56. The van der Waals surface area contributed by atoms with Crippen molar-refractivity contribution >= 4 is 0 Å². The Morgan fingerprint density at radius 2 is 2.00 bits per heavy atom. The van der Waals surface area contributed by atoms with Crippen LogP contribution in [0.4, 0.5) is 0 Å². The third-order valence-electron chi connectivity index (χ3n) is 2.23. The molecule has 0 spiro atoms. The van der Waals surface area contributed by atoms with E-state index < -0.39 is 30.9 Å². The molecular weight excluding hydrogens is 208 g/mol. The molecule has 0 aliphatic carbocycles. The van der Waals surface area contributed by atoms with E-state index in [0.717, 1.165) is 0 Å². The maximum absolute atomic E-state index is 9.74. The molecule has 7 heteroatoms. The summed E-state index contributed by atoms with van der Waals surface area (Å²) in [6, 6.07) is 0. The first-order valence-corrected chi connectivity index (χ1v) is 4.54. The zero-order valence-electron chi connectivity index (χ0n) is 8.37. The molecule has 0 aromatic carbocycles. The van der Waals surface area contributed by atoms with E-state index in [2.05, 4.69) is 4.74 Å². The summed E-state index contributed by atoms with van der Waals surface area (Å²) in [5.74, 6) is -2.22. The van der Waals surface area contributed by atoms with E-state index in [-0.39, 0.29) is 13.2 Å². The fourth-order valence-electron chi connectivity index (χ4n) is 1.34. The minimum atomic E-state index is -2.22. The van der Waals surface area contributed by atoms with Crippen molar-refractivity contribution in [1.29, 1.82) is 0 Å². The molecule has 1 heterocycles. The second-order valence-corrected chi connectivity index (χ2v) is 3.25. The predicted octanol–water partition coefficient (Wildman–Crippen LogP) is -2.59. The highest BCUT2D eigenvalue weighted by molar-refractivity contribution is 4.92. The van der Waals surface area contributed by atoms with Crippen molar-refractivity contribution in [2.45, 2.75) is 24.3 Å². The third-order valence-corrected chi connectivity index (χ3v) is 2.23. The number of aliphatic hydroxyl groups excluding tert-OH is 3. The smallest absolute Gasteiger partial charge is 0.247 e. The Morgan fingerprint density at radius 3 is 2.47 bits per heavy atom. The lowest BCUT2D eigenvalue weighted by Gasteiger charge is -2.27. The van der Waals surface area contributed by atoms with Crippen LogP contribution in [0.1, 0.15) is 0 Å². The van der Waals surface area contributed by atoms with Crippen LogP contribution in [0.3, 0.4) is 0 Å². The van der Waals surface area contributed by atoms with Crippen molar-refractivity contribution in [2.24, 2.45) is 0 Å². The van der Waals surface area contributed by atoms with Crippen molar-refractivity contribution in [3.63, 3.8) is 0 Å². The zero-order chi connectivity index (χ0) is 11.5. The number of rotatable bonds is 5. The summed E-state index contributed by atoms with van der Waals surface area (Å²) >= 11 is 0. The van der Waals surface area contributed by atoms with Gasteiger partial charge < -0.3 is 34.6 Å². The van der Waals surface area contributed by atoms with Gasteiger partial charge in [-0.1, -0.05) is 0 Å². The molecule has 15 heavy (non-hydrogen) atoms. The number of ether oxygens (including phenoxy) is 3. The number of hydrogen-bond acceptors (Lipinski definition) is 7. The van der Waals surface area contributed by atoms with Crippen LogP contribution in [0.2, 0.25) is 0 Å². The number of methoxy groups -OCH3 is 1. The molecule has 90 valence electrons. The molecule has 0 amide bonds. The SMILES string of the molecule is COCCO[C@@]1(O)C(O)O[C@H](CO)[C@H]1O. The van der Waals surface area contributed by atoms with Crippen LogP contribution in [0.5, 0.6) is 0 Å². The molecule has 7 nitrogen and oxygen atoms in total. The normalized spacial score (nSPS) is 41.0. The summed E-state index contributed by atoms with van der Waals surface area (Å²) < 4.78 is 14.3. The lowest BCUT2D eigenvalue weighted by molar-refractivity contribution is -0.307. The molecule has 1 aliphatic heterocycles. The van der Waals surface area contributed by atoms with E-state index in [9.17, 15) is 15.3 Å². The van der Waals surface area contributed by atoms with E-state index >= 15 is 0 Å². The summed E-state index contributed by atoms with van der Waals surface area (Å²) in [7, 11) is 1.45. The quantitative estimate of drug-likeness (QED) is 0.300. The molecule has 0 radical (unpaired) electrons. The van der Waals surface area contributed by atoms with Gasteiger partial charge in [-0.25, -0.2) is 0 Å². The molecule has 1 unspecified atom stereocenters. The maximum Gasteiger partial charge on any atom is 0.247 e. The molecule has 4 N–H and O–H groups in total. The van der Waals surface area contributed by atoms with Crippen LogP contribution in [-0.2, 0) is 14.2 Å². The number of hydrogen-bond donors (Lipinski definition) is 4. The number of aliphatic hydroxyl groups is 4. The van der Waals surface area contributed by atoms with Gasteiger partial charge in [-0.2, -0.15) is 0 Å². The van der Waals surface area contributed by atoms with Gasteiger partial charge in [-0.3, -0.25) is 0 Å². The monoisotopic (exact) mass is 224 g/mol. The Bertz CT molecular complexity index is 199. The topological polar surface area (TPSA) is 109 Å². The minimum Gasteiger partial charge on any atom is -0.394 e. The van der Waals surface area contributed by atoms with Gasteiger partial charge in [0, 0.05) is 7.11 Å². The second kappa shape index (κ2) is 5.17. The highest BCUT2D eigenvalue weighted by Crippen LogP contribution is 2.30. The van der Waals surface area contributed by atoms with Crippen molar-refractivity contribution in [3.05, 3.63) is 0 Å². The summed E-state index contributed by atoms with van der Waals surface area (Å²) in [6.45, 7) is -0.331. The van der Waals surface area contributed by atoms with E-state index in [1.165, 1.54) is 7.11 Å². The molecule has 0 aromatic heterocycles. The van der Waals surface area contributed by atoms with Crippen LogP contribution in [0.25, 0.3) is 0 Å². The Balaban J connectivity index is 2.57. The van der Waals surface area contributed by atoms with Crippen molar-refractivity contribution in [2.75, 3.05) is 26.9 Å². The molecule has 0 saturated carbocycles. The van der Waals surface area contributed by atoms with Gasteiger partial charge in [-0.05, 0) is 0 Å². The van der Waals surface area contributed by atoms with Crippen molar-refractivity contribution < 1.29 is 34.6 Å². The average molecular weight is 224 g/mol. The fourth-order valence-corrected chi connectivity index (χ4v) is 1.34. The van der Waals surface area contributed by atoms with E-state index in [1.54, 1.807) is 0 Å².